The molecule has 1 aliphatic heterocycles. The van der Waals surface area contributed by atoms with Crippen molar-refractivity contribution in [2.24, 2.45) is 23.7 Å². The Bertz CT molecular complexity index is 2460. The number of rotatable bonds is 15. The second kappa shape index (κ2) is 26.0. The average Bonchev–Trinajstić information content (AvgIpc) is 3.74. The number of methoxy groups -OCH3 is 1. The number of fused-ring (bicyclic) bond motifs is 1. The van der Waals surface area contributed by atoms with Crippen LogP contribution in [0.4, 0.5) is 0 Å². The molecule has 0 bridgehead atoms. The smallest absolute Gasteiger partial charge is 0.246 e. The summed E-state index contributed by atoms with van der Waals surface area (Å²) in [4.78, 5) is 104. The number of nitrogens with one attached hydrogen (secondary N) is 6. The number of para-hydroxylation sites is 1. The predicted octanol–water partition coefficient (Wildman–Crippen LogP) is 4.08. The lowest BCUT2D eigenvalue weighted by molar-refractivity contribution is -0.145. The van der Waals surface area contributed by atoms with E-state index >= 15 is 9.59 Å². The Morgan fingerprint density at radius 2 is 1.30 bits per heavy atom. The number of aliphatic hydroxyl groups excluding tert-OH is 2. The SMILES string of the molecule is C=CC(C)(C)n1cc(C(O)C2NC(=O)C(C(C)C=C(C)C)NC(=O)C(CC(C)C)N(C)C(=O)C(C(C)C)NC(=O)C(C(OC)c3ccccc3)NC(=O)C(C)NC(=O)C(CC(C)CO)NC2=O)c2ccccc21. The zero-order valence-electron chi connectivity index (χ0n) is 44.8. The number of hydrogen-bond donors (Lipinski definition) is 8. The van der Waals surface area contributed by atoms with Gasteiger partial charge in [0.1, 0.15) is 54.5 Å². The van der Waals surface area contributed by atoms with E-state index < -0.39 is 119 Å². The maximum atomic E-state index is 15.0. The first kappa shape index (κ1) is 59.2. The van der Waals surface area contributed by atoms with Crippen LogP contribution in [0.5, 0.6) is 0 Å². The van der Waals surface area contributed by atoms with E-state index in [1.807, 2.05) is 58.2 Å². The number of benzene rings is 2. The molecule has 0 saturated carbocycles. The molecule has 2 aromatic carbocycles. The van der Waals surface area contributed by atoms with E-state index in [9.17, 15) is 34.2 Å². The van der Waals surface area contributed by atoms with Gasteiger partial charge in [-0.3, -0.25) is 33.6 Å². The lowest BCUT2D eigenvalue weighted by Gasteiger charge is -2.35. The molecule has 3 aromatic rings. The van der Waals surface area contributed by atoms with Gasteiger partial charge >= 0.3 is 0 Å². The third kappa shape index (κ3) is 14.9. The fourth-order valence-corrected chi connectivity index (χ4v) is 9.07. The molecule has 18 heteroatoms. The van der Waals surface area contributed by atoms with Crippen molar-refractivity contribution in [1.29, 1.82) is 0 Å². The molecular formula is C55H80N8O10. The van der Waals surface area contributed by atoms with Gasteiger partial charge in [0, 0.05) is 49.3 Å². The van der Waals surface area contributed by atoms with Crippen molar-refractivity contribution < 1.29 is 48.5 Å². The highest BCUT2D eigenvalue weighted by Gasteiger charge is 2.42. The van der Waals surface area contributed by atoms with Crippen molar-refractivity contribution in [3.8, 4) is 0 Å². The molecule has 73 heavy (non-hydrogen) atoms. The van der Waals surface area contributed by atoms with Crippen LogP contribution in [0.1, 0.15) is 112 Å². The minimum absolute atomic E-state index is 0.137. The molecule has 1 saturated heterocycles. The highest BCUT2D eigenvalue weighted by atomic mass is 16.5. The van der Waals surface area contributed by atoms with Crippen LogP contribution in [-0.2, 0) is 43.8 Å². The van der Waals surface area contributed by atoms with Crippen LogP contribution in [0.3, 0.4) is 0 Å². The molecule has 400 valence electrons. The first-order valence-corrected chi connectivity index (χ1v) is 25.1. The summed E-state index contributed by atoms with van der Waals surface area (Å²) in [6.45, 7) is 23.0. The highest BCUT2D eigenvalue weighted by Crippen LogP contribution is 2.34. The number of likely N-dealkylation sites (N-methyl/N-ethyl adjacent to an activating group) is 1. The van der Waals surface area contributed by atoms with Crippen molar-refractivity contribution in [3.63, 3.8) is 0 Å². The third-order valence-electron chi connectivity index (χ3n) is 13.4. The van der Waals surface area contributed by atoms with Crippen LogP contribution in [0.2, 0.25) is 0 Å². The highest BCUT2D eigenvalue weighted by molar-refractivity contribution is 5.99. The van der Waals surface area contributed by atoms with Crippen molar-refractivity contribution in [2.75, 3.05) is 20.8 Å². The van der Waals surface area contributed by atoms with E-state index in [-0.39, 0.29) is 30.9 Å². The maximum absolute atomic E-state index is 15.0. The minimum atomic E-state index is -1.82. The van der Waals surface area contributed by atoms with Crippen molar-refractivity contribution in [3.05, 3.63) is 96.2 Å². The van der Waals surface area contributed by atoms with Gasteiger partial charge in [0.25, 0.3) is 0 Å². The third-order valence-corrected chi connectivity index (χ3v) is 13.4. The largest absolute Gasteiger partial charge is 0.396 e. The van der Waals surface area contributed by atoms with Gasteiger partial charge in [-0.05, 0) is 76.8 Å². The number of aromatic nitrogens is 1. The zero-order valence-corrected chi connectivity index (χ0v) is 44.8. The van der Waals surface area contributed by atoms with Gasteiger partial charge in [0.15, 0.2) is 0 Å². The molecule has 0 spiro atoms. The Hall–Kier alpha value is -6.37. The zero-order chi connectivity index (χ0) is 54.6. The number of amides is 7. The second-order valence-electron chi connectivity index (χ2n) is 21.0. The second-order valence-corrected chi connectivity index (χ2v) is 21.0. The molecule has 11 unspecified atom stereocenters. The first-order chi connectivity index (χ1) is 34.3. The van der Waals surface area contributed by atoms with Gasteiger partial charge in [-0.2, -0.15) is 0 Å². The lowest BCUT2D eigenvalue weighted by atomic mass is 9.94. The molecular weight excluding hydrogens is 933 g/mol. The minimum Gasteiger partial charge on any atom is -0.396 e. The van der Waals surface area contributed by atoms with Gasteiger partial charge in [0.05, 0.1) is 5.54 Å². The Kier molecular flexibility index (Phi) is 21.1. The van der Waals surface area contributed by atoms with Crippen LogP contribution in [0.15, 0.2) is 85.1 Å². The molecule has 4 rings (SSSR count). The van der Waals surface area contributed by atoms with Crippen molar-refractivity contribution in [2.45, 2.75) is 149 Å². The van der Waals surface area contributed by atoms with Gasteiger partial charge < -0.3 is 56.3 Å². The number of nitrogens with zero attached hydrogens (tertiary/aromatic N) is 2. The van der Waals surface area contributed by atoms with Gasteiger partial charge in [-0.25, -0.2) is 0 Å². The Balaban J connectivity index is 1.99. The maximum Gasteiger partial charge on any atom is 0.246 e. The number of hydrogen-bond acceptors (Lipinski definition) is 10. The predicted molar refractivity (Wildman–Crippen MR) is 280 cm³/mol. The molecule has 1 fully saturated rings. The molecule has 8 N–H and O–H groups in total. The van der Waals surface area contributed by atoms with Crippen LogP contribution in [0, 0.1) is 23.7 Å². The fourth-order valence-electron chi connectivity index (χ4n) is 9.07. The van der Waals surface area contributed by atoms with Crippen LogP contribution in [0.25, 0.3) is 10.9 Å². The van der Waals surface area contributed by atoms with Crippen LogP contribution < -0.4 is 31.9 Å². The van der Waals surface area contributed by atoms with E-state index in [1.165, 1.54) is 26.0 Å². The molecule has 18 nitrogen and oxygen atoms in total. The molecule has 0 aliphatic carbocycles. The van der Waals surface area contributed by atoms with Crippen molar-refractivity contribution in [1.82, 2.24) is 41.4 Å². The topological polar surface area (TPSA) is 250 Å². The number of allylic oxidation sites excluding steroid dienone is 2. The number of aliphatic hydroxyl groups is 2. The molecule has 7 amide bonds. The van der Waals surface area contributed by atoms with E-state index in [0.717, 1.165) is 5.57 Å². The van der Waals surface area contributed by atoms with Crippen LogP contribution in [-0.4, -0.2) is 124 Å². The summed E-state index contributed by atoms with van der Waals surface area (Å²) < 4.78 is 7.73. The summed E-state index contributed by atoms with van der Waals surface area (Å²) in [6, 6.07) is 5.92. The normalized spacial score (nSPS) is 24.3. The Morgan fingerprint density at radius 1 is 0.740 bits per heavy atom. The summed E-state index contributed by atoms with van der Waals surface area (Å²) in [7, 11) is 2.81. The van der Waals surface area contributed by atoms with Gasteiger partial charge in [-0.1, -0.05) is 108 Å². The molecule has 1 aromatic heterocycles. The molecule has 11 atom stereocenters. The summed E-state index contributed by atoms with van der Waals surface area (Å²) in [5.41, 5.74) is 1.57. The van der Waals surface area contributed by atoms with E-state index in [4.69, 9.17) is 4.74 Å². The summed E-state index contributed by atoms with van der Waals surface area (Å²) in [5.74, 6) is -7.68. The van der Waals surface area contributed by atoms with Crippen molar-refractivity contribution >= 4 is 52.3 Å². The molecule has 1 aliphatic rings. The summed E-state index contributed by atoms with van der Waals surface area (Å²) >= 11 is 0. The van der Waals surface area contributed by atoms with Gasteiger partial charge in [0.2, 0.25) is 41.4 Å². The molecule has 2 heterocycles. The summed E-state index contributed by atoms with van der Waals surface area (Å²) in [6.07, 6.45) is 2.28. The van der Waals surface area contributed by atoms with Gasteiger partial charge in [-0.15, -0.1) is 6.58 Å². The number of ether oxygens (including phenoxy) is 1. The average molecular weight is 1010 g/mol. The monoisotopic (exact) mass is 1010 g/mol. The number of carbonyl (C=O) groups is 7. The first-order valence-electron chi connectivity index (χ1n) is 25.1. The quantitative estimate of drug-likeness (QED) is 0.101. The summed E-state index contributed by atoms with van der Waals surface area (Å²) in [5, 5.41) is 39.8. The van der Waals surface area contributed by atoms with E-state index in [2.05, 4.69) is 38.5 Å². The lowest BCUT2D eigenvalue weighted by Crippen LogP contribution is -2.62. The molecule has 0 radical (unpaired) electrons. The standard InChI is InChI=1S/C55H80N8O10/c1-15-55(11,12)63-28-38(37-23-19-20-24-40(37)63)46(65)44-52(70)57-39(27-33(8)29-64)49(67)56-35(10)48(66)61-45(47(73-14)36-21-17-16-18-22-36)53(71)58-42(32(6)7)54(72)62(13)41(26-31(4)5)50(68)59-43(51(69)60-44)34(9)25-30(2)3/h15-25,28,31-35,39,41-47,64-65H,1,26-27,29H2,2-14H3,(H,56,67)(H,57,70)(H,58,71)(H,59,68)(H,60,69)(H,61,66). The van der Waals surface area contributed by atoms with Crippen LogP contribution >= 0.6 is 0 Å². The van der Waals surface area contributed by atoms with E-state index in [1.54, 1.807) is 88.5 Å². The number of carbonyl (C=O) groups excluding carboxylic acids is 7. The van der Waals surface area contributed by atoms with E-state index in [0.29, 0.717) is 16.5 Å². The fraction of sp³-hybridized carbons (Fsp3) is 0.545. The Morgan fingerprint density at radius 3 is 1.88 bits per heavy atom. The Labute approximate surface area is 430 Å².